The highest BCUT2D eigenvalue weighted by molar-refractivity contribution is 6.34. The van der Waals surface area contributed by atoms with Gasteiger partial charge in [-0.15, -0.1) is 0 Å². The Labute approximate surface area is 143 Å². The molecule has 4 aromatic rings. The number of aromatic amines is 2. The number of aryl methyl sites for hydroxylation is 1. The number of hydrogen-bond donors (Lipinski definition) is 2. The number of aromatic nitrogens is 2. The lowest BCUT2D eigenvalue weighted by Crippen LogP contribution is -1.99. The van der Waals surface area contributed by atoms with Crippen molar-refractivity contribution in [3.8, 4) is 22.3 Å². The number of halogens is 1. The van der Waals surface area contributed by atoms with Crippen LogP contribution >= 0.6 is 11.6 Å². The second kappa shape index (κ2) is 5.69. The molecular weight excluding hydrogens is 320 g/mol. The predicted octanol–water partition coefficient (Wildman–Crippen LogP) is 5.15. The Kier molecular flexibility index (Phi) is 3.51. The van der Waals surface area contributed by atoms with Crippen LogP contribution in [0.3, 0.4) is 0 Å². The minimum atomic E-state index is -0.208. The van der Waals surface area contributed by atoms with E-state index in [0.29, 0.717) is 5.02 Å². The van der Waals surface area contributed by atoms with E-state index in [-0.39, 0.29) is 5.69 Å². The highest BCUT2D eigenvalue weighted by Crippen LogP contribution is 2.38. The van der Waals surface area contributed by atoms with Crippen LogP contribution in [0.2, 0.25) is 5.02 Å². The van der Waals surface area contributed by atoms with Gasteiger partial charge in [0, 0.05) is 10.6 Å². The summed E-state index contributed by atoms with van der Waals surface area (Å²) in [5.41, 5.74) is 6.68. The van der Waals surface area contributed by atoms with Crippen LogP contribution in [0.25, 0.3) is 33.3 Å². The van der Waals surface area contributed by atoms with Crippen molar-refractivity contribution < 1.29 is 0 Å². The number of fused-ring (bicyclic) bond motifs is 1. The number of hydrogen-bond acceptors (Lipinski definition) is 1. The topological polar surface area (TPSA) is 48.6 Å². The second-order valence-electron chi connectivity index (χ2n) is 5.87. The van der Waals surface area contributed by atoms with Gasteiger partial charge in [-0.2, -0.15) is 0 Å². The van der Waals surface area contributed by atoms with Crippen molar-refractivity contribution in [2.45, 2.75) is 6.92 Å². The second-order valence-corrected chi connectivity index (χ2v) is 6.28. The zero-order chi connectivity index (χ0) is 16.7. The van der Waals surface area contributed by atoms with Crippen LogP contribution in [-0.2, 0) is 0 Å². The molecule has 24 heavy (non-hydrogen) atoms. The Morgan fingerprint density at radius 2 is 1.54 bits per heavy atom. The fourth-order valence-corrected chi connectivity index (χ4v) is 3.26. The van der Waals surface area contributed by atoms with Gasteiger partial charge in [-0.3, -0.25) is 0 Å². The van der Waals surface area contributed by atoms with E-state index in [4.69, 9.17) is 11.6 Å². The van der Waals surface area contributed by atoms with Gasteiger partial charge in [-0.1, -0.05) is 59.6 Å². The Hall–Kier alpha value is -2.78. The average molecular weight is 335 g/mol. The molecule has 4 heteroatoms. The Bertz CT molecular complexity index is 1090. The zero-order valence-electron chi connectivity index (χ0n) is 13.1. The maximum atomic E-state index is 11.5. The van der Waals surface area contributed by atoms with Gasteiger partial charge in [-0.25, -0.2) is 4.79 Å². The van der Waals surface area contributed by atoms with E-state index < -0.39 is 0 Å². The number of imidazole rings is 1. The van der Waals surface area contributed by atoms with Crippen molar-refractivity contribution in [2.24, 2.45) is 0 Å². The van der Waals surface area contributed by atoms with Gasteiger partial charge in [0.25, 0.3) is 0 Å². The molecule has 118 valence electrons. The largest absolute Gasteiger partial charge is 0.323 e. The molecular formula is C20H15ClN2O. The van der Waals surface area contributed by atoms with Crippen LogP contribution in [0.1, 0.15) is 5.56 Å². The van der Waals surface area contributed by atoms with Crippen molar-refractivity contribution in [1.29, 1.82) is 0 Å². The van der Waals surface area contributed by atoms with E-state index in [1.807, 2.05) is 30.3 Å². The third-order valence-electron chi connectivity index (χ3n) is 4.18. The summed E-state index contributed by atoms with van der Waals surface area (Å²) >= 11 is 6.52. The zero-order valence-corrected chi connectivity index (χ0v) is 13.8. The summed E-state index contributed by atoms with van der Waals surface area (Å²) in [7, 11) is 0. The summed E-state index contributed by atoms with van der Waals surface area (Å²) < 4.78 is 0. The van der Waals surface area contributed by atoms with Gasteiger partial charge in [0.05, 0.1) is 11.0 Å². The molecule has 0 saturated carbocycles. The highest BCUT2D eigenvalue weighted by Gasteiger charge is 2.12. The van der Waals surface area contributed by atoms with E-state index in [9.17, 15) is 4.79 Å². The molecule has 3 nitrogen and oxygen atoms in total. The summed E-state index contributed by atoms with van der Waals surface area (Å²) in [6.45, 7) is 2.07. The molecule has 2 N–H and O–H groups in total. The van der Waals surface area contributed by atoms with Crippen LogP contribution in [-0.4, -0.2) is 9.97 Å². The minimum absolute atomic E-state index is 0.208. The van der Waals surface area contributed by atoms with Gasteiger partial charge in [0.15, 0.2) is 0 Å². The van der Waals surface area contributed by atoms with E-state index in [1.54, 1.807) is 0 Å². The molecule has 0 aliphatic carbocycles. The van der Waals surface area contributed by atoms with Crippen molar-refractivity contribution in [2.75, 3.05) is 0 Å². The highest BCUT2D eigenvalue weighted by atomic mass is 35.5. The van der Waals surface area contributed by atoms with Gasteiger partial charge in [0.2, 0.25) is 0 Å². The quantitative estimate of drug-likeness (QED) is 0.523. The lowest BCUT2D eigenvalue weighted by molar-refractivity contribution is 1.22. The number of benzene rings is 3. The Balaban J connectivity index is 1.96. The van der Waals surface area contributed by atoms with Crippen molar-refractivity contribution >= 4 is 22.6 Å². The van der Waals surface area contributed by atoms with Crippen LogP contribution in [0.15, 0.2) is 65.5 Å². The molecule has 0 atom stereocenters. The summed E-state index contributed by atoms with van der Waals surface area (Å²) in [5, 5.41) is 0.685. The van der Waals surface area contributed by atoms with Gasteiger partial charge < -0.3 is 9.97 Å². The third kappa shape index (κ3) is 2.53. The van der Waals surface area contributed by atoms with Crippen LogP contribution < -0.4 is 5.69 Å². The maximum absolute atomic E-state index is 11.5. The first-order valence-electron chi connectivity index (χ1n) is 7.70. The van der Waals surface area contributed by atoms with Crippen LogP contribution in [0.4, 0.5) is 0 Å². The smallest absolute Gasteiger partial charge is 0.306 e. The van der Waals surface area contributed by atoms with Gasteiger partial charge in [0.1, 0.15) is 0 Å². The Morgan fingerprint density at radius 3 is 2.33 bits per heavy atom. The molecule has 0 bridgehead atoms. The molecule has 1 aromatic heterocycles. The molecule has 3 aromatic carbocycles. The maximum Gasteiger partial charge on any atom is 0.323 e. The molecule has 0 unspecified atom stereocenters. The van der Waals surface area contributed by atoms with E-state index in [1.165, 1.54) is 5.56 Å². The van der Waals surface area contributed by atoms with Gasteiger partial charge in [-0.05, 0) is 41.8 Å². The molecule has 0 radical (unpaired) electrons. The van der Waals surface area contributed by atoms with Crippen LogP contribution in [0, 0.1) is 6.92 Å². The first-order valence-corrected chi connectivity index (χ1v) is 8.07. The minimum Gasteiger partial charge on any atom is -0.306 e. The fourth-order valence-electron chi connectivity index (χ4n) is 2.98. The molecule has 0 amide bonds. The predicted molar refractivity (Wildman–Crippen MR) is 99.5 cm³/mol. The molecule has 0 aliphatic rings. The normalized spacial score (nSPS) is 11.1. The number of H-pyrrole nitrogens is 2. The van der Waals surface area contributed by atoms with E-state index in [0.717, 1.165) is 33.3 Å². The molecule has 1 heterocycles. The Morgan fingerprint density at radius 1 is 0.833 bits per heavy atom. The standard InChI is InChI=1S/C20H15ClN2O/c1-12-5-7-13(8-6-12)15-3-2-4-16(21)19(15)14-9-10-17-18(11-14)23-20(24)22-17/h2-11H,1H3,(H2,22,23,24). The van der Waals surface area contributed by atoms with E-state index >= 15 is 0 Å². The summed E-state index contributed by atoms with van der Waals surface area (Å²) in [4.78, 5) is 17.0. The number of rotatable bonds is 2. The number of nitrogens with one attached hydrogen (secondary N) is 2. The molecule has 0 aliphatic heterocycles. The fraction of sp³-hybridized carbons (Fsp3) is 0.0500. The lowest BCUT2D eigenvalue weighted by atomic mass is 9.94. The molecule has 0 saturated heterocycles. The average Bonchev–Trinajstić information content (AvgIpc) is 2.94. The third-order valence-corrected chi connectivity index (χ3v) is 4.50. The summed E-state index contributed by atoms with van der Waals surface area (Å²) in [6, 6.07) is 20.1. The first-order chi connectivity index (χ1) is 11.6. The molecule has 0 fully saturated rings. The molecule has 4 rings (SSSR count). The molecule has 0 spiro atoms. The summed E-state index contributed by atoms with van der Waals surface area (Å²) in [5.74, 6) is 0. The monoisotopic (exact) mass is 334 g/mol. The van der Waals surface area contributed by atoms with Crippen LogP contribution in [0.5, 0.6) is 0 Å². The lowest BCUT2D eigenvalue weighted by Gasteiger charge is -2.12. The van der Waals surface area contributed by atoms with Crippen molar-refractivity contribution in [3.05, 3.63) is 81.7 Å². The summed E-state index contributed by atoms with van der Waals surface area (Å²) in [6.07, 6.45) is 0. The van der Waals surface area contributed by atoms with E-state index in [2.05, 4.69) is 47.2 Å². The van der Waals surface area contributed by atoms with Gasteiger partial charge >= 0.3 is 5.69 Å². The van der Waals surface area contributed by atoms with Crippen molar-refractivity contribution in [1.82, 2.24) is 9.97 Å². The SMILES string of the molecule is Cc1ccc(-c2cccc(Cl)c2-c2ccc3[nH]c(=O)[nH]c3c2)cc1. The van der Waals surface area contributed by atoms with Crippen molar-refractivity contribution in [3.63, 3.8) is 0 Å². The first kappa shape index (κ1) is 14.8.